The largest absolute Gasteiger partial charge is 0.444 e. The predicted molar refractivity (Wildman–Crippen MR) is 74.6 cm³/mol. The van der Waals surface area contributed by atoms with Crippen molar-refractivity contribution in [1.82, 2.24) is 9.97 Å². The molecule has 0 amide bonds. The monoisotopic (exact) mass is 332 g/mol. The van der Waals surface area contributed by atoms with Gasteiger partial charge >= 0.3 is 0 Å². The second-order valence-corrected chi connectivity index (χ2v) is 8.17. The average molecular weight is 333 g/mol. The summed E-state index contributed by atoms with van der Waals surface area (Å²) in [4.78, 5) is 8.43. The van der Waals surface area contributed by atoms with E-state index in [9.17, 15) is 0 Å². The van der Waals surface area contributed by atoms with Crippen molar-refractivity contribution in [3.63, 3.8) is 0 Å². The molecule has 0 aliphatic carbocycles. The SMILES string of the molecule is CC(C)(C)c1cnc(CSc2cnc(Br)s2)o1. The van der Waals surface area contributed by atoms with Crippen molar-refractivity contribution in [1.29, 1.82) is 0 Å². The van der Waals surface area contributed by atoms with E-state index in [1.807, 2.05) is 12.4 Å². The zero-order chi connectivity index (χ0) is 12.5. The minimum absolute atomic E-state index is 0.0173. The Hall–Kier alpha value is -0.330. The molecule has 2 aromatic heterocycles. The van der Waals surface area contributed by atoms with Crippen LogP contribution in [0.4, 0.5) is 0 Å². The van der Waals surface area contributed by atoms with Crippen LogP contribution in [0.3, 0.4) is 0 Å². The number of rotatable bonds is 3. The summed E-state index contributed by atoms with van der Waals surface area (Å²) in [6.45, 7) is 6.35. The fraction of sp³-hybridized carbons (Fsp3) is 0.455. The van der Waals surface area contributed by atoms with Gasteiger partial charge in [0.2, 0.25) is 5.89 Å². The molecule has 0 spiro atoms. The van der Waals surface area contributed by atoms with Crippen LogP contribution in [0.2, 0.25) is 0 Å². The topological polar surface area (TPSA) is 38.9 Å². The molecule has 0 bridgehead atoms. The van der Waals surface area contributed by atoms with Crippen LogP contribution in [0.25, 0.3) is 0 Å². The standard InChI is InChI=1S/C11H13BrN2OS2/c1-11(2,3)7-4-13-8(15-7)6-16-9-5-14-10(12)17-9/h4-5H,6H2,1-3H3. The van der Waals surface area contributed by atoms with Crippen molar-refractivity contribution in [2.75, 3.05) is 0 Å². The number of hydrogen-bond acceptors (Lipinski definition) is 5. The molecule has 6 heteroatoms. The van der Waals surface area contributed by atoms with E-state index in [1.165, 1.54) is 0 Å². The zero-order valence-electron chi connectivity index (χ0n) is 9.86. The highest BCUT2D eigenvalue weighted by atomic mass is 79.9. The van der Waals surface area contributed by atoms with E-state index < -0.39 is 0 Å². The Morgan fingerprint density at radius 2 is 2.12 bits per heavy atom. The van der Waals surface area contributed by atoms with Crippen LogP contribution in [0, 0.1) is 0 Å². The second-order valence-electron chi connectivity index (χ2n) is 4.59. The fourth-order valence-corrected chi connectivity index (χ4v) is 3.66. The Bertz CT molecular complexity index is 502. The van der Waals surface area contributed by atoms with Crippen molar-refractivity contribution in [3.8, 4) is 0 Å². The number of oxazole rings is 1. The molecular formula is C11H13BrN2OS2. The Kier molecular flexibility index (Phi) is 3.95. The molecule has 2 rings (SSSR count). The molecule has 0 aliphatic rings. The first-order valence-corrected chi connectivity index (χ1v) is 7.74. The average Bonchev–Trinajstić information content (AvgIpc) is 2.82. The van der Waals surface area contributed by atoms with E-state index in [2.05, 4.69) is 46.7 Å². The van der Waals surface area contributed by atoms with Gasteiger partial charge < -0.3 is 4.42 Å². The third kappa shape index (κ3) is 3.56. The van der Waals surface area contributed by atoms with Crippen LogP contribution in [0.5, 0.6) is 0 Å². The predicted octanol–water partition coefficient (Wildman–Crippen LogP) is 4.48. The maximum atomic E-state index is 5.72. The molecule has 0 saturated heterocycles. The Labute approximate surface area is 117 Å². The highest BCUT2D eigenvalue weighted by Crippen LogP contribution is 2.31. The summed E-state index contributed by atoms with van der Waals surface area (Å²) >= 11 is 6.65. The lowest BCUT2D eigenvalue weighted by atomic mass is 9.94. The minimum Gasteiger partial charge on any atom is -0.444 e. The highest BCUT2D eigenvalue weighted by Gasteiger charge is 2.19. The van der Waals surface area contributed by atoms with Gasteiger partial charge in [-0.15, -0.1) is 23.1 Å². The number of aromatic nitrogens is 2. The van der Waals surface area contributed by atoms with Crippen LogP contribution in [0.15, 0.2) is 24.9 Å². The lowest BCUT2D eigenvalue weighted by Gasteiger charge is -2.12. The number of halogens is 1. The first kappa shape index (κ1) is 13.1. The molecule has 92 valence electrons. The number of hydrogen-bond donors (Lipinski definition) is 0. The molecule has 0 atom stereocenters. The number of thioether (sulfide) groups is 1. The summed E-state index contributed by atoms with van der Waals surface area (Å²) < 4.78 is 7.78. The molecule has 0 saturated carbocycles. The van der Waals surface area contributed by atoms with E-state index in [1.54, 1.807) is 23.1 Å². The van der Waals surface area contributed by atoms with Gasteiger partial charge in [0.05, 0.1) is 22.4 Å². The van der Waals surface area contributed by atoms with Crippen molar-refractivity contribution in [2.45, 2.75) is 36.1 Å². The normalized spacial score (nSPS) is 12.0. The van der Waals surface area contributed by atoms with Gasteiger partial charge in [0.15, 0.2) is 3.92 Å². The van der Waals surface area contributed by atoms with Crippen molar-refractivity contribution in [3.05, 3.63) is 28.0 Å². The first-order chi connectivity index (χ1) is 7.95. The quantitative estimate of drug-likeness (QED) is 0.776. The summed E-state index contributed by atoms with van der Waals surface area (Å²) in [7, 11) is 0. The lowest BCUT2D eigenvalue weighted by molar-refractivity contribution is 0.391. The van der Waals surface area contributed by atoms with Crippen molar-refractivity contribution < 1.29 is 4.42 Å². The van der Waals surface area contributed by atoms with Gasteiger partial charge in [0, 0.05) is 5.41 Å². The molecule has 17 heavy (non-hydrogen) atoms. The number of thiazole rings is 1. The van der Waals surface area contributed by atoms with Gasteiger partial charge in [-0.1, -0.05) is 20.8 Å². The molecule has 0 unspecified atom stereocenters. The maximum Gasteiger partial charge on any atom is 0.204 e. The van der Waals surface area contributed by atoms with Crippen LogP contribution in [0.1, 0.15) is 32.4 Å². The molecule has 3 nitrogen and oxygen atoms in total. The maximum absolute atomic E-state index is 5.72. The van der Waals surface area contributed by atoms with Crippen molar-refractivity contribution in [2.24, 2.45) is 0 Å². The molecule has 0 aliphatic heterocycles. The van der Waals surface area contributed by atoms with Crippen LogP contribution in [-0.2, 0) is 11.2 Å². The summed E-state index contributed by atoms with van der Waals surface area (Å²) in [6.07, 6.45) is 3.67. The lowest BCUT2D eigenvalue weighted by Crippen LogP contribution is -2.09. The van der Waals surface area contributed by atoms with Gasteiger partial charge in [0.25, 0.3) is 0 Å². The zero-order valence-corrected chi connectivity index (χ0v) is 13.1. The molecule has 0 N–H and O–H groups in total. The van der Waals surface area contributed by atoms with Crippen LogP contribution < -0.4 is 0 Å². The van der Waals surface area contributed by atoms with Gasteiger partial charge in [-0.05, 0) is 15.9 Å². The number of nitrogens with zero attached hydrogens (tertiary/aromatic N) is 2. The van der Waals surface area contributed by atoms with Crippen LogP contribution in [-0.4, -0.2) is 9.97 Å². The third-order valence-electron chi connectivity index (χ3n) is 2.09. The summed E-state index contributed by atoms with van der Waals surface area (Å²) in [5, 5.41) is 0. The summed E-state index contributed by atoms with van der Waals surface area (Å²) in [5.74, 6) is 2.44. The Balaban J connectivity index is 1.98. The van der Waals surface area contributed by atoms with E-state index in [0.29, 0.717) is 0 Å². The Morgan fingerprint density at radius 1 is 1.35 bits per heavy atom. The third-order valence-corrected chi connectivity index (χ3v) is 4.74. The van der Waals surface area contributed by atoms with Gasteiger partial charge in [0.1, 0.15) is 5.76 Å². The van der Waals surface area contributed by atoms with Gasteiger partial charge in [-0.25, -0.2) is 9.97 Å². The van der Waals surface area contributed by atoms with E-state index in [-0.39, 0.29) is 5.41 Å². The van der Waals surface area contributed by atoms with Crippen molar-refractivity contribution >= 4 is 39.0 Å². The summed E-state index contributed by atoms with van der Waals surface area (Å²) in [5.41, 5.74) is 0.0173. The second kappa shape index (κ2) is 5.12. The molecule has 0 radical (unpaired) electrons. The van der Waals surface area contributed by atoms with E-state index >= 15 is 0 Å². The highest BCUT2D eigenvalue weighted by molar-refractivity contribution is 9.11. The van der Waals surface area contributed by atoms with Gasteiger partial charge in [-0.3, -0.25) is 0 Å². The Morgan fingerprint density at radius 3 is 2.65 bits per heavy atom. The van der Waals surface area contributed by atoms with E-state index in [0.717, 1.165) is 25.5 Å². The molecule has 0 fully saturated rings. The minimum atomic E-state index is 0.0173. The molecule has 2 aromatic rings. The molecular weight excluding hydrogens is 320 g/mol. The first-order valence-electron chi connectivity index (χ1n) is 5.14. The van der Waals surface area contributed by atoms with Crippen LogP contribution >= 0.6 is 39.0 Å². The fourth-order valence-electron chi connectivity index (χ4n) is 1.16. The smallest absolute Gasteiger partial charge is 0.204 e. The van der Waals surface area contributed by atoms with Gasteiger partial charge in [-0.2, -0.15) is 0 Å². The molecule has 0 aromatic carbocycles. The molecule has 2 heterocycles. The summed E-state index contributed by atoms with van der Waals surface area (Å²) in [6, 6.07) is 0. The van der Waals surface area contributed by atoms with E-state index in [4.69, 9.17) is 4.42 Å².